The van der Waals surface area contributed by atoms with Crippen molar-refractivity contribution >= 4 is 0 Å². The normalized spacial score (nSPS) is 12.4. The zero-order chi connectivity index (χ0) is 13.1. The molecule has 0 saturated carbocycles. The number of aromatic nitrogens is 2. The molecular weight excluding hydrogens is 233 g/mol. The summed E-state index contributed by atoms with van der Waals surface area (Å²) in [4.78, 5) is 8.42. The van der Waals surface area contributed by atoms with Crippen molar-refractivity contribution in [1.29, 1.82) is 0 Å². The van der Waals surface area contributed by atoms with Gasteiger partial charge in [-0.2, -0.15) is 0 Å². The molecule has 1 heterocycles. The van der Waals surface area contributed by atoms with Gasteiger partial charge in [0.1, 0.15) is 11.6 Å². The molecule has 3 N–H and O–H groups in total. The Labute approximate surface area is 104 Å². The number of halogens is 1. The van der Waals surface area contributed by atoms with Crippen molar-refractivity contribution in [2.24, 2.45) is 5.73 Å². The molecule has 0 amide bonds. The number of benzene rings is 1. The Hall–Kier alpha value is -1.85. The summed E-state index contributed by atoms with van der Waals surface area (Å²) >= 11 is 0. The third-order valence-corrected chi connectivity index (χ3v) is 2.52. The Balaban J connectivity index is 2.48. The first kappa shape index (κ1) is 12.6. The van der Waals surface area contributed by atoms with E-state index < -0.39 is 6.04 Å². The van der Waals surface area contributed by atoms with E-state index in [0.717, 1.165) is 5.69 Å². The zero-order valence-corrected chi connectivity index (χ0v) is 9.97. The Morgan fingerprint density at radius 3 is 2.78 bits per heavy atom. The van der Waals surface area contributed by atoms with Gasteiger partial charge in [0.2, 0.25) is 0 Å². The Kier molecular flexibility index (Phi) is 3.64. The molecule has 0 spiro atoms. The van der Waals surface area contributed by atoms with Gasteiger partial charge in [0.25, 0.3) is 0 Å². The van der Waals surface area contributed by atoms with E-state index in [0.29, 0.717) is 17.1 Å². The van der Waals surface area contributed by atoms with E-state index in [9.17, 15) is 4.39 Å². The molecule has 4 nitrogen and oxygen atoms in total. The fourth-order valence-electron chi connectivity index (χ4n) is 1.63. The van der Waals surface area contributed by atoms with Crippen molar-refractivity contribution in [3.63, 3.8) is 0 Å². The number of nitrogens with two attached hydrogens (primary N) is 1. The van der Waals surface area contributed by atoms with Crippen molar-refractivity contribution in [2.45, 2.75) is 13.0 Å². The van der Waals surface area contributed by atoms with Crippen LogP contribution in [0.15, 0.2) is 30.3 Å². The molecule has 2 aromatic rings. The molecule has 1 aromatic heterocycles. The highest BCUT2D eigenvalue weighted by Crippen LogP contribution is 2.20. The molecule has 2 rings (SSSR count). The second kappa shape index (κ2) is 5.20. The molecule has 0 fully saturated rings. The van der Waals surface area contributed by atoms with Crippen molar-refractivity contribution in [3.8, 4) is 11.3 Å². The van der Waals surface area contributed by atoms with Crippen LogP contribution in [0.1, 0.15) is 17.6 Å². The lowest BCUT2D eigenvalue weighted by molar-refractivity contribution is 0.263. The van der Waals surface area contributed by atoms with E-state index in [-0.39, 0.29) is 12.4 Å². The predicted molar refractivity (Wildman–Crippen MR) is 66.2 cm³/mol. The maximum Gasteiger partial charge on any atom is 0.148 e. The van der Waals surface area contributed by atoms with Crippen molar-refractivity contribution < 1.29 is 9.50 Å². The smallest absolute Gasteiger partial charge is 0.148 e. The molecule has 0 radical (unpaired) electrons. The maximum absolute atomic E-state index is 13.2. The fourth-order valence-corrected chi connectivity index (χ4v) is 1.63. The summed E-state index contributed by atoms with van der Waals surface area (Å²) in [5.74, 6) is 0.0357. The van der Waals surface area contributed by atoms with Crippen LogP contribution in [0.2, 0.25) is 0 Å². The average molecular weight is 247 g/mol. The van der Waals surface area contributed by atoms with Crippen LogP contribution in [0.4, 0.5) is 4.39 Å². The van der Waals surface area contributed by atoms with Gasteiger partial charge in [-0.25, -0.2) is 14.4 Å². The lowest BCUT2D eigenvalue weighted by Gasteiger charge is -2.10. The molecule has 1 atom stereocenters. The lowest BCUT2D eigenvalue weighted by atomic mass is 10.1. The second-order valence-corrected chi connectivity index (χ2v) is 4.05. The molecule has 0 saturated heterocycles. The Bertz CT molecular complexity index is 560. The third kappa shape index (κ3) is 2.69. The first-order valence-corrected chi connectivity index (χ1v) is 5.58. The number of aliphatic hydroxyl groups excluding tert-OH is 1. The first-order valence-electron chi connectivity index (χ1n) is 5.58. The van der Waals surface area contributed by atoms with Gasteiger partial charge in [-0.15, -0.1) is 0 Å². The number of aryl methyl sites for hydroxylation is 1. The van der Waals surface area contributed by atoms with Crippen LogP contribution in [0.3, 0.4) is 0 Å². The summed E-state index contributed by atoms with van der Waals surface area (Å²) in [7, 11) is 0. The van der Waals surface area contributed by atoms with Crippen LogP contribution in [-0.4, -0.2) is 21.7 Å². The van der Waals surface area contributed by atoms with Gasteiger partial charge in [-0.3, -0.25) is 0 Å². The van der Waals surface area contributed by atoms with Crippen LogP contribution < -0.4 is 5.73 Å². The molecular formula is C13H14FN3O. The number of hydrogen-bond donors (Lipinski definition) is 2. The van der Waals surface area contributed by atoms with Gasteiger partial charge in [0.15, 0.2) is 0 Å². The highest BCUT2D eigenvalue weighted by Gasteiger charge is 2.11. The number of rotatable bonds is 3. The summed E-state index contributed by atoms with van der Waals surface area (Å²) in [6.07, 6.45) is 0. The summed E-state index contributed by atoms with van der Waals surface area (Å²) in [5, 5.41) is 9.02. The Morgan fingerprint density at radius 1 is 1.33 bits per heavy atom. The molecule has 0 aliphatic rings. The summed E-state index contributed by atoms with van der Waals surface area (Å²) in [5.41, 5.74) is 7.67. The SMILES string of the molecule is Cc1cc(-c2cccc(F)c2)nc(C(N)CO)n1. The molecule has 1 aromatic carbocycles. The zero-order valence-electron chi connectivity index (χ0n) is 9.97. The quantitative estimate of drug-likeness (QED) is 0.863. The third-order valence-electron chi connectivity index (χ3n) is 2.52. The number of aliphatic hydroxyl groups is 1. The molecule has 1 unspecified atom stereocenters. The first-order chi connectivity index (χ1) is 8.60. The minimum absolute atomic E-state index is 0.230. The van der Waals surface area contributed by atoms with Crippen molar-refractivity contribution in [2.75, 3.05) is 6.61 Å². The van der Waals surface area contributed by atoms with Gasteiger partial charge in [-0.1, -0.05) is 12.1 Å². The van der Waals surface area contributed by atoms with Crippen molar-refractivity contribution in [1.82, 2.24) is 9.97 Å². The molecule has 18 heavy (non-hydrogen) atoms. The number of hydrogen-bond acceptors (Lipinski definition) is 4. The van der Waals surface area contributed by atoms with Gasteiger partial charge in [0, 0.05) is 11.3 Å². The van der Waals surface area contributed by atoms with Crippen LogP contribution in [-0.2, 0) is 0 Å². The standard InChI is InChI=1S/C13H14FN3O/c1-8-5-12(9-3-2-4-10(14)6-9)17-13(16-8)11(15)7-18/h2-6,11,18H,7,15H2,1H3. The van der Waals surface area contributed by atoms with Crippen LogP contribution in [0, 0.1) is 12.7 Å². The van der Waals surface area contributed by atoms with E-state index in [1.54, 1.807) is 25.1 Å². The van der Waals surface area contributed by atoms with E-state index in [4.69, 9.17) is 10.8 Å². The maximum atomic E-state index is 13.2. The topological polar surface area (TPSA) is 72.0 Å². The van der Waals surface area contributed by atoms with Crippen LogP contribution in [0.25, 0.3) is 11.3 Å². The van der Waals surface area contributed by atoms with Gasteiger partial charge in [0.05, 0.1) is 18.3 Å². The van der Waals surface area contributed by atoms with Gasteiger partial charge < -0.3 is 10.8 Å². The predicted octanol–water partition coefficient (Wildman–Crippen LogP) is 1.58. The van der Waals surface area contributed by atoms with Crippen LogP contribution in [0.5, 0.6) is 0 Å². The molecule has 5 heteroatoms. The van der Waals surface area contributed by atoms with E-state index in [1.165, 1.54) is 12.1 Å². The van der Waals surface area contributed by atoms with Crippen molar-refractivity contribution in [3.05, 3.63) is 47.7 Å². The molecule has 94 valence electrons. The number of nitrogens with zero attached hydrogens (tertiary/aromatic N) is 2. The highest BCUT2D eigenvalue weighted by atomic mass is 19.1. The summed E-state index contributed by atoms with van der Waals surface area (Å²) < 4.78 is 13.2. The Morgan fingerprint density at radius 2 is 2.11 bits per heavy atom. The van der Waals surface area contributed by atoms with E-state index in [2.05, 4.69) is 9.97 Å². The molecule has 0 bridgehead atoms. The summed E-state index contributed by atoms with van der Waals surface area (Å²) in [6, 6.07) is 7.28. The fraction of sp³-hybridized carbons (Fsp3) is 0.231. The van der Waals surface area contributed by atoms with E-state index >= 15 is 0 Å². The molecule has 0 aliphatic heterocycles. The second-order valence-electron chi connectivity index (χ2n) is 4.05. The summed E-state index contributed by atoms with van der Waals surface area (Å²) in [6.45, 7) is 1.57. The monoisotopic (exact) mass is 247 g/mol. The van der Waals surface area contributed by atoms with Gasteiger partial charge in [-0.05, 0) is 25.1 Å². The average Bonchev–Trinajstić information content (AvgIpc) is 2.37. The highest BCUT2D eigenvalue weighted by molar-refractivity contribution is 5.59. The molecule has 0 aliphatic carbocycles. The minimum Gasteiger partial charge on any atom is -0.394 e. The van der Waals surface area contributed by atoms with Crippen LogP contribution >= 0.6 is 0 Å². The lowest BCUT2D eigenvalue weighted by Crippen LogP contribution is -2.18. The largest absolute Gasteiger partial charge is 0.394 e. The van der Waals surface area contributed by atoms with Gasteiger partial charge >= 0.3 is 0 Å². The minimum atomic E-state index is -0.628. The van der Waals surface area contributed by atoms with E-state index in [1.807, 2.05) is 0 Å².